The van der Waals surface area contributed by atoms with Gasteiger partial charge in [-0.3, -0.25) is 4.98 Å². The third-order valence-electron chi connectivity index (χ3n) is 3.38. The zero-order valence-electron chi connectivity index (χ0n) is 10.2. The van der Waals surface area contributed by atoms with E-state index >= 15 is 0 Å². The zero-order chi connectivity index (χ0) is 12.7. The molecule has 0 radical (unpaired) electrons. The van der Waals surface area contributed by atoms with Crippen molar-refractivity contribution in [2.45, 2.75) is 0 Å². The summed E-state index contributed by atoms with van der Waals surface area (Å²) < 4.78 is 2.69. The first kappa shape index (κ1) is 10.7. The van der Waals surface area contributed by atoms with Crippen molar-refractivity contribution in [3.8, 4) is 11.1 Å². The fraction of sp³-hybridized carbons (Fsp3) is 0. The number of nitrogens with zero attached hydrogens (tertiary/aromatic N) is 1. The molecule has 2 aromatic carbocycles. The van der Waals surface area contributed by atoms with Crippen LogP contribution in [-0.2, 0) is 0 Å². The molecule has 19 heavy (non-hydrogen) atoms. The summed E-state index contributed by atoms with van der Waals surface area (Å²) in [5.74, 6) is 0. The Morgan fingerprint density at radius 1 is 0.789 bits per heavy atom. The molecule has 0 bridgehead atoms. The Labute approximate surface area is 115 Å². The molecule has 0 spiro atoms. The summed E-state index contributed by atoms with van der Waals surface area (Å²) in [4.78, 5) is 4.23. The predicted octanol–water partition coefficient (Wildman–Crippen LogP) is 5.12. The molecule has 0 saturated heterocycles. The van der Waals surface area contributed by atoms with Crippen LogP contribution in [0.1, 0.15) is 0 Å². The summed E-state index contributed by atoms with van der Waals surface area (Å²) in [7, 11) is 0. The number of benzene rings is 2. The van der Waals surface area contributed by atoms with Crippen LogP contribution in [0.15, 0.2) is 67.0 Å². The van der Waals surface area contributed by atoms with Gasteiger partial charge < -0.3 is 0 Å². The Morgan fingerprint density at radius 3 is 2.58 bits per heavy atom. The van der Waals surface area contributed by atoms with Crippen LogP contribution in [0, 0.1) is 0 Å². The van der Waals surface area contributed by atoms with Crippen molar-refractivity contribution in [2.75, 3.05) is 0 Å². The summed E-state index contributed by atoms with van der Waals surface area (Å²) in [5, 5.41) is 2.68. The highest BCUT2D eigenvalue weighted by atomic mass is 32.1. The Bertz CT molecular complexity index is 862. The smallest absolute Gasteiger partial charge is 0.0434 e. The standard InChI is InChI=1S/C17H11NS/c1-2-9-16-14(6-1)15-8-3-7-13(17(15)19-16)12-5-4-10-18-11-12/h1-11H. The molecule has 0 unspecified atom stereocenters. The molecule has 4 rings (SSSR count). The van der Waals surface area contributed by atoms with E-state index in [1.54, 1.807) is 0 Å². The van der Waals surface area contributed by atoms with E-state index in [0.717, 1.165) is 0 Å². The van der Waals surface area contributed by atoms with Crippen molar-refractivity contribution < 1.29 is 0 Å². The lowest BCUT2D eigenvalue weighted by Crippen LogP contribution is -1.78. The van der Waals surface area contributed by atoms with Gasteiger partial charge in [0.25, 0.3) is 0 Å². The topological polar surface area (TPSA) is 12.9 Å². The fourth-order valence-electron chi connectivity index (χ4n) is 2.50. The van der Waals surface area contributed by atoms with Crippen LogP contribution in [0.4, 0.5) is 0 Å². The average molecular weight is 261 g/mol. The molecular weight excluding hydrogens is 250 g/mol. The van der Waals surface area contributed by atoms with Gasteiger partial charge >= 0.3 is 0 Å². The Balaban J connectivity index is 2.13. The highest BCUT2D eigenvalue weighted by Crippen LogP contribution is 2.39. The van der Waals surface area contributed by atoms with Gasteiger partial charge in [-0.05, 0) is 12.1 Å². The fourth-order valence-corrected chi connectivity index (χ4v) is 3.73. The molecule has 0 atom stereocenters. The molecule has 2 aromatic heterocycles. The van der Waals surface area contributed by atoms with Gasteiger partial charge in [-0.1, -0.05) is 42.5 Å². The summed E-state index contributed by atoms with van der Waals surface area (Å²) in [6.07, 6.45) is 3.74. The normalized spacial score (nSPS) is 11.2. The van der Waals surface area contributed by atoms with Gasteiger partial charge in [-0.2, -0.15) is 0 Å². The molecule has 90 valence electrons. The number of fused-ring (bicyclic) bond motifs is 3. The number of thiophene rings is 1. The van der Waals surface area contributed by atoms with Gasteiger partial charge in [0.15, 0.2) is 0 Å². The Kier molecular flexibility index (Phi) is 2.35. The lowest BCUT2D eigenvalue weighted by molar-refractivity contribution is 1.33. The van der Waals surface area contributed by atoms with E-state index in [4.69, 9.17) is 0 Å². The van der Waals surface area contributed by atoms with Crippen LogP contribution in [-0.4, -0.2) is 4.98 Å². The first-order valence-electron chi connectivity index (χ1n) is 6.24. The van der Waals surface area contributed by atoms with Gasteiger partial charge in [-0.25, -0.2) is 0 Å². The third kappa shape index (κ3) is 1.65. The lowest BCUT2D eigenvalue weighted by Gasteiger charge is -2.02. The van der Waals surface area contributed by atoms with E-state index in [0.29, 0.717) is 0 Å². The minimum atomic E-state index is 1.18. The second-order valence-electron chi connectivity index (χ2n) is 4.52. The van der Waals surface area contributed by atoms with E-state index in [-0.39, 0.29) is 0 Å². The van der Waals surface area contributed by atoms with Crippen LogP contribution < -0.4 is 0 Å². The van der Waals surface area contributed by atoms with Crippen LogP contribution >= 0.6 is 11.3 Å². The number of hydrogen-bond donors (Lipinski definition) is 0. The van der Waals surface area contributed by atoms with E-state index in [9.17, 15) is 0 Å². The minimum absolute atomic E-state index is 1.18. The third-order valence-corrected chi connectivity index (χ3v) is 4.60. The molecule has 4 aromatic rings. The number of rotatable bonds is 1. The highest BCUT2D eigenvalue weighted by molar-refractivity contribution is 7.26. The van der Waals surface area contributed by atoms with Crippen molar-refractivity contribution in [3.05, 3.63) is 67.0 Å². The lowest BCUT2D eigenvalue weighted by atomic mass is 10.0. The summed E-state index contributed by atoms with van der Waals surface area (Å²) in [5.41, 5.74) is 2.45. The average Bonchev–Trinajstić information content (AvgIpc) is 2.87. The zero-order valence-corrected chi connectivity index (χ0v) is 11.0. The summed E-state index contributed by atoms with van der Waals surface area (Å²) in [6, 6.07) is 19.2. The number of hydrogen-bond acceptors (Lipinski definition) is 2. The maximum absolute atomic E-state index is 4.23. The molecule has 2 heterocycles. The van der Waals surface area contributed by atoms with Crippen LogP contribution in [0.2, 0.25) is 0 Å². The molecule has 0 aliphatic carbocycles. The highest BCUT2D eigenvalue weighted by Gasteiger charge is 2.09. The molecule has 0 amide bonds. The van der Waals surface area contributed by atoms with Crippen LogP contribution in [0.25, 0.3) is 31.3 Å². The van der Waals surface area contributed by atoms with Gasteiger partial charge in [0.2, 0.25) is 0 Å². The molecule has 2 heteroatoms. The van der Waals surface area contributed by atoms with E-state index in [1.165, 1.54) is 31.3 Å². The van der Waals surface area contributed by atoms with Gasteiger partial charge in [0.05, 0.1) is 0 Å². The van der Waals surface area contributed by atoms with E-state index < -0.39 is 0 Å². The second-order valence-corrected chi connectivity index (χ2v) is 5.57. The maximum atomic E-state index is 4.23. The molecule has 0 fully saturated rings. The van der Waals surface area contributed by atoms with Crippen molar-refractivity contribution in [3.63, 3.8) is 0 Å². The molecule has 0 saturated carbocycles. The first-order chi connectivity index (χ1) is 9.43. The van der Waals surface area contributed by atoms with Gasteiger partial charge in [-0.15, -0.1) is 11.3 Å². The molecule has 0 aliphatic rings. The Morgan fingerprint density at radius 2 is 1.68 bits per heavy atom. The van der Waals surface area contributed by atoms with Crippen LogP contribution in [0.5, 0.6) is 0 Å². The Hall–Kier alpha value is -2.19. The van der Waals surface area contributed by atoms with Gasteiger partial charge in [0.1, 0.15) is 0 Å². The predicted molar refractivity (Wildman–Crippen MR) is 82.6 cm³/mol. The monoisotopic (exact) mass is 261 g/mol. The summed E-state index contributed by atoms with van der Waals surface area (Å²) in [6.45, 7) is 0. The van der Waals surface area contributed by atoms with E-state index in [2.05, 4.69) is 53.5 Å². The van der Waals surface area contributed by atoms with Crippen molar-refractivity contribution in [1.82, 2.24) is 4.98 Å². The van der Waals surface area contributed by atoms with Gasteiger partial charge in [0, 0.05) is 43.7 Å². The molecular formula is C17H11NS. The largest absolute Gasteiger partial charge is 0.264 e. The number of aromatic nitrogens is 1. The second kappa shape index (κ2) is 4.18. The minimum Gasteiger partial charge on any atom is -0.264 e. The molecule has 0 aliphatic heterocycles. The quantitative estimate of drug-likeness (QED) is 0.463. The van der Waals surface area contributed by atoms with E-state index in [1.807, 2.05) is 29.8 Å². The molecule has 1 nitrogen and oxygen atoms in total. The van der Waals surface area contributed by atoms with Crippen molar-refractivity contribution in [1.29, 1.82) is 0 Å². The number of pyridine rings is 1. The SMILES string of the molecule is c1cncc(-c2cccc3c2sc2ccccc23)c1. The first-order valence-corrected chi connectivity index (χ1v) is 7.06. The van der Waals surface area contributed by atoms with Crippen molar-refractivity contribution in [2.24, 2.45) is 0 Å². The molecule has 0 N–H and O–H groups in total. The maximum Gasteiger partial charge on any atom is 0.0434 e. The summed E-state index contributed by atoms with van der Waals surface area (Å²) >= 11 is 1.86. The van der Waals surface area contributed by atoms with Crippen LogP contribution in [0.3, 0.4) is 0 Å². The van der Waals surface area contributed by atoms with Crippen molar-refractivity contribution >= 4 is 31.5 Å².